The topological polar surface area (TPSA) is 58.1 Å². The van der Waals surface area contributed by atoms with Crippen molar-refractivity contribution >= 4 is 45.0 Å². The maximum absolute atomic E-state index is 12.5. The van der Waals surface area contributed by atoms with Gasteiger partial charge < -0.3 is 10.2 Å². The van der Waals surface area contributed by atoms with Gasteiger partial charge in [-0.1, -0.05) is 18.2 Å². The van der Waals surface area contributed by atoms with Crippen LogP contribution in [-0.4, -0.2) is 40.4 Å². The molecule has 1 aromatic carbocycles. The van der Waals surface area contributed by atoms with Gasteiger partial charge in [-0.3, -0.25) is 4.79 Å². The molecule has 0 bridgehead atoms. The first-order valence-corrected chi connectivity index (χ1v) is 11.4. The molecule has 0 saturated carbocycles. The summed E-state index contributed by atoms with van der Waals surface area (Å²) in [5, 5.41) is 4.36. The van der Waals surface area contributed by atoms with E-state index in [0.29, 0.717) is 5.75 Å². The summed E-state index contributed by atoms with van der Waals surface area (Å²) < 4.78 is 0. The van der Waals surface area contributed by atoms with E-state index in [1.165, 1.54) is 15.3 Å². The Hall–Kier alpha value is -2.12. The largest absolute Gasteiger partial charge is 0.360 e. The monoisotopic (exact) mass is 412 g/mol. The Bertz CT molecular complexity index is 981. The zero-order valence-corrected chi connectivity index (χ0v) is 17.8. The molecule has 1 amide bonds. The van der Waals surface area contributed by atoms with Crippen LogP contribution in [-0.2, 0) is 10.5 Å². The van der Waals surface area contributed by atoms with Crippen molar-refractivity contribution in [2.24, 2.45) is 0 Å². The van der Waals surface area contributed by atoms with Crippen LogP contribution in [0.4, 0.5) is 5.82 Å². The molecule has 0 radical (unpaired) electrons. The molecule has 1 aliphatic heterocycles. The lowest BCUT2D eigenvalue weighted by atomic mass is 10.2. The van der Waals surface area contributed by atoms with Crippen LogP contribution in [0, 0.1) is 13.8 Å². The number of fused-ring (bicyclic) bond motifs is 1. The van der Waals surface area contributed by atoms with Gasteiger partial charge in [-0.2, -0.15) is 0 Å². The smallest absolute Gasteiger partial charge is 0.241 e. The van der Waals surface area contributed by atoms with Gasteiger partial charge in [-0.15, -0.1) is 23.1 Å². The third-order valence-corrected chi connectivity index (χ3v) is 7.16. The normalized spacial score (nSPS) is 14.0. The van der Waals surface area contributed by atoms with Gasteiger partial charge in [0.1, 0.15) is 16.5 Å². The van der Waals surface area contributed by atoms with E-state index in [1.807, 2.05) is 23.1 Å². The molecule has 146 valence electrons. The van der Waals surface area contributed by atoms with Crippen molar-refractivity contribution < 1.29 is 4.79 Å². The Kier molecular flexibility index (Phi) is 5.82. The molecule has 28 heavy (non-hydrogen) atoms. The van der Waals surface area contributed by atoms with Gasteiger partial charge in [-0.05, 0) is 44.4 Å². The predicted molar refractivity (Wildman–Crippen MR) is 117 cm³/mol. The van der Waals surface area contributed by atoms with Crippen molar-refractivity contribution in [2.45, 2.75) is 37.3 Å². The third kappa shape index (κ3) is 4.15. The summed E-state index contributed by atoms with van der Waals surface area (Å²) in [5.74, 6) is 2.42. The molecule has 3 heterocycles. The van der Waals surface area contributed by atoms with Gasteiger partial charge in [0.05, 0.1) is 17.7 Å². The first-order valence-electron chi connectivity index (χ1n) is 9.58. The fraction of sp³-hybridized carbons (Fsp3) is 0.381. The summed E-state index contributed by atoms with van der Waals surface area (Å²) in [7, 11) is 0. The molecule has 0 atom stereocenters. The number of nitrogens with one attached hydrogen (secondary N) is 1. The molecule has 7 heteroatoms. The van der Waals surface area contributed by atoms with Crippen LogP contribution in [0.15, 0.2) is 35.2 Å². The van der Waals surface area contributed by atoms with Crippen molar-refractivity contribution in [1.82, 2.24) is 14.9 Å². The number of aryl methyl sites for hydroxylation is 2. The second-order valence-corrected chi connectivity index (χ2v) is 9.25. The van der Waals surface area contributed by atoms with E-state index >= 15 is 0 Å². The van der Waals surface area contributed by atoms with Crippen molar-refractivity contribution in [3.8, 4) is 0 Å². The van der Waals surface area contributed by atoms with E-state index in [1.54, 1.807) is 23.1 Å². The van der Waals surface area contributed by atoms with Crippen molar-refractivity contribution in [3.05, 3.63) is 46.6 Å². The zero-order valence-electron chi connectivity index (χ0n) is 16.2. The molecular formula is C21H24N4OS2. The number of nitrogens with zero attached hydrogens (tertiary/aromatic N) is 3. The molecule has 0 spiro atoms. The second-order valence-electron chi connectivity index (χ2n) is 7.00. The van der Waals surface area contributed by atoms with E-state index in [-0.39, 0.29) is 12.5 Å². The maximum atomic E-state index is 12.5. The molecule has 0 aliphatic carbocycles. The highest BCUT2D eigenvalue weighted by molar-refractivity contribution is 7.98. The standard InChI is InChI=1S/C21H24N4OS2/c1-14-15(2)28-21-19(14)20(22-12-18(26)25-10-6-7-11-25)23-17(24-21)13-27-16-8-4-3-5-9-16/h3-5,8-9H,6-7,10-13H2,1-2H3,(H,22,23,24). The molecule has 5 nitrogen and oxygen atoms in total. The van der Waals surface area contributed by atoms with Gasteiger partial charge in [0, 0.05) is 22.9 Å². The van der Waals surface area contributed by atoms with Crippen molar-refractivity contribution in [2.75, 3.05) is 25.0 Å². The lowest BCUT2D eigenvalue weighted by Crippen LogP contribution is -2.33. The van der Waals surface area contributed by atoms with Crippen LogP contribution in [0.5, 0.6) is 0 Å². The summed E-state index contributed by atoms with van der Waals surface area (Å²) in [5.41, 5.74) is 1.19. The molecule has 4 rings (SSSR count). The Morgan fingerprint density at radius 2 is 1.93 bits per heavy atom. The number of rotatable bonds is 6. The number of thioether (sulfide) groups is 1. The van der Waals surface area contributed by atoms with Gasteiger partial charge in [0.2, 0.25) is 5.91 Å². The number of amides is 1. The van der Waals surface area contributed by atoms with Crippen LogP contribution in [0.3, 0.4) is 0 Å². The van der Waals surface area contributed by atoms with Gasteiger partial charge in [0.15, 0.2) is 0 Å². The first kappa shape index (κ1) is 19.2. The quantitative estimate of drug-likeness (QED) is 0.598. The van der Waals surface area contributed by atoms with E-state index in [2.05, 4.69) is 31.3 Å². The van der Waals surface area contributed by atoms with Crippen LogP contribution in [0.1, 0.15) is 29.1 Å². The highest BCUT2D eigenvalue weighted by atomic mass is 32.2. The van der Waals surface area contributed by atoms with Crippen LogP contribution >= 0.6 is 23.1 Å². The highest BCUT2D eigenvalue weighted by Crippen LogP contribution is 2.34. The lowest BCUT2D eigenvalue weighted by molar-refractivity contribution is -0.128. The fourth-order valence-corrected chi connectivity index (χ4v) is 5.21. The Labute approximate surface area is 173 Å². The van der Waals surface area contributed by atoms with E-state index in [4.69, 9.17) is 9.97 Å². The summed E-state index contributed by atoms with van der Waals surface area (Å²) in [6, 6.07) is 10.3. The van der Waals surface area contributed by atoms with Gasteiger partial charge in [0.25, 0.3) is 0 Å². The summed E-state index contributed by atoms with van der Waals surface area (Å²) >= 11 is 3.42. The summed E-state index contributed by atoms with van der Waals surface area (Å²) in [6.45, 7) is 6.23. The number of carbonyl (C=O) groups is 1. The van der Waals surface area contributed by atoms with Gasteiger partial charge >= 0.3 is 0 Å². The number of likely N-dealkylation sites (tertiary alicyclic amines) is 1. The number of anilines is 1. The van der Waals surface area contributed by atoms with Crippen LogP contribution < -0.4 is 5.32 Å². The molecular weight excluding hydrogens is 388 g/mol. The number of benzene rings is 1. The van der Waals surface area contributed by atoms with Gasteiger partial charge in [-0.25, -0.2) is 9.97 Å². The number of thiophene rings is 1. The van der Waals surface area contributed by atoms with E-state index in [0.717, 1.165) is 47.8 Å². The number of hydrogen-bond donors (Lipinski definition) is 1. The molecule has 0 unspecified atom stereocenters. The number of carbonyl (C=O) groups excluding carboxylic acids is 1. The van der Waals surface area contributed by atoms with E-state index in [9.17, 15) is 4.79 Å². The SMILES string of the molecule is Cc1sc2nc(CSc3ccccc3)nc(NCC(=O)N3CCCC3)c2c1C. The molecule has 3 aromatic rings. The van der Waals surface area contributed by atoms with Crippen LogP contribution in [0.25, 0.3) is 10.2 Å². The molecule has 1 aliphatic rings. The van der Waals surface area contributed by atoms with E-state index < -0.39 is 0 Å². The Balaban J connectivity index is 1.56. The Morgan fingerprint density at radius 1 is 1.18 bits per heavy atom. The maximum Gasteiger partial charge on any atom is 0.241 e. The minimum atomic E-state index is 0.147. The fourth-order valence-electron chi connectivity index (χ4n) is 3.39. The average Bonchev–Trinajstić information content (AvgIpc) is 3.34. The minimum Gasteiger partial charge on any atom is -0.360 e. The third-order valence-electron chi connectivity index (χ3n) is 5.05. The van der Waals surface area contributed by atoms with Crippen LogP contribution in [0.2, 0.25) is 0 Å². The predicted octanol–water partition coefficient (Wildman–Crippen LogP) is 4.63. The molecule has 1 N–H and O–H groups in total. The summed E-state index contributed by atoms with van der Waals surface area (Å²) in [4.78, 5) is 27.4. The Morgan fingerprint density at radius 3 is 2.68 bits per heavy atom. The second kappa shape index (κ2) is 8.49. The van der Waals surface area contributed by atoms with Crippen molar-refractivity contribution in [1.29, 1.82) is 0 Å². The minimum absolute atomic E-state index is 0.147. The zero-order chi connectivity index (χ0) is 19.5. The molecule has 2 aromatic heterocycles. The summed E-state index contributed by atoms with van der Waals surface area (Å²) in [6.07, 6.45) is 2.21. The highest BCUT2D eigenvalue weighted by Gasteiger charge is 2.19. The lowest BCUT2D eigenvalue weighted by Gasteiger charge is -2.16. The average molecular weight is 413 g/mol. The molecule has 1 fully saturated rings. The molecule has 1 saturated heterocycles. The first-order chi connectivity index (χ1) is 13.6. The number of hydrogen-bond acceptors (Lipinski definition) is 6. The number of aromatic nitrogens is 2. The van der Waals surface area contributed by atoms with Crippen molar-refractivity contribution in [3.63, 3.8) is 0 Å².